The number of amides is 2. The lowest BCUT2D eigenvalue weighted by Gasteiger charge is -2.19. The Morgan fingerprint density at radius 3 is 2.39 bits per heavy atom. The Balaban J connectivity index is 2.03. The van der Waals surface area contributed by atoms with E-state index in [-0.39, 0.29) is 46.4 Å². The average molecular weight is 592 g/mol. The van der Waals surface area contributed by atoms with Crippen LogP contribution in [0.2, 0.25) is 5.15 Å². The number of nitrogens with one attached hydrogen (secondary N) is 3. The highest BCUT2D eigenvalue weighted by Gasteiger charge is 2.18. The number of anilines is 3. The summed E-state index contributed by atoms with van der Waals surface area (Å²) < 4.78 is 0. The van der Waals surface area contributed by atoms with Gasteiger partial charge in [-0.15, -0.1) is 0 Å². The van der Waals surface area contributed by atoms with Gasteiger partial charge in [0.15, 0.2) is 28.4 Å². The van der Waals surface area contributed by atoms with Crippen LogP contribution in [0.1, 0.15) is 93.3 Å². The van der Waals surface area contributed by atoms with E-state index in [9.17, 15) is 19.8 Å². The summed E-state index contributed by atoms with van der Waals surface area (Å²) in [5.41, 5.74) is 17.8. The van der Waals surface area contributed by atoms with Crippen molar-refractivity contribution in [2.75, 3.05) is 23.3 Å². The maximum Gasteiger partial charge on any atom is 0.280 e. The minimum absolute atomic E-state index is 0.0874. The van der Waals surface area contributed by atoms with E-state index in [1.807, 2.05) is 0 Å². The number of halogens is 1. The third kappa shape index (κ3) is 11.8. The molecule has 0 fully saturated rings. The second-order valence-electron chi connectivity index (χ2n) is 9.70. The molecular weight excluding hydrogens is 550 g/mol. The van der Waals surface area contributed by atoms with Gasteiger partial charge in [0, 0.05) is 6.54 Å². The van der Waals surface area contributed by atoms with Gasteiger partial charge in [0.1, 0.15) is 11.9 Å². The second kappa shape index (κ2) is 17.9. The number of aliphatic hydroxyl groups excluding tert-OH is 1. The Hall–Kier alpha value is -3.68. The average Bonchev–Trinajstić information content (AvgIpc) is 2.93. The Kier molecular flexibility index (Phi) is 14.6. The van der Waals surface area contributed by atoms with Crippen LogP contribution in [0.15, 0.2) is 23.2 Å². The third-order valence-electron chi connectivity index (χ3n) is 6.40. The standard InChI is InChI=1S/C27H42ClN9O4/c1-2-3-4-5-6-7-8-9-10-11-21(32-15-20(40)17-12-13-19(39)18(14-17)33-16-38)34-27(31)37-26(41)22-24(29)36-25(30)23(28)35-22/h12-14,16,20-21,32,39-40H,2-11,15H2,1H3,(H,33,38)(H4,29,30,36)(H3,31,34,37,41)/t20-,21+/m1/s1. The SMILES string of the molecule is CCCCCCCCCCC[C@H](N=C(N)NC(=O)c1nc(Cl)c(N)nc1N)NC[C@@H](O)c1ccc(O)c(NC=O)c1. The van der Waals surface area contributed by atoms with Crippen LogP contribution < -0.4 is 33.2 Å². The number of nitrogens with two attached hydrogens (primary N) is 3. The van der Waals surface area contributed by atoms with Gasteiger partial charge in [0.25, 0.3) is 5.91 Å². The first-order valence-electron chi connectivity index (χ1n) is 13.8. The smallest absolute Gasteiger partial charge is 0.280 e. The van der Waals surface area contributed by atoms with Crippen LogP contribution in [-0.4, -0.2) is 51.2 Å². The predicted molar refractivity (Wildman–Crippen MR) is 161 cm³/mol. The quantitative estimate of drug-likeness (QED) is 0.0415. The Morgan fingerprint density at radius 1 is 1.07 bits per heavy atom. The Bertz CT molecular complexity index is 1170. The van der Waals surface area contributed by atoms with Crippen LogP contribution in [0.5, 0.6) is 5.75 Å². The molecule has 0 radical (unpaired) electrons. The number of aliphatic hydroxyl groups is 1. The number of guanidine groups is 1. The number of phenolic OH excluding ortho intramolecular Hbond substituents is 1. The van der Waals surface area contributed by atoms with Crippen molar-refractivity contribution < 1.29 is 19.8 Å². The van der Waals surface area contributed by atoms with Gasteiger partial charge >= 0.3 is 0 Å². The molecule has 0 saturated carbocycles. The van der Waals surface area contributed by atoms with Gasteiger partial charge in [-0.3, -0.25) is 20.2 Å². The van der Waals surface area contributed by atoms with Gasteiger partial charge in [0.2, 0.25) is 6.41 Å². The number of hydrogen-bond acceptors (Lipinski definition) is 10. The summed E-state index contributed by atoms with van der Waals surface area (Å²) >= 11 is 5.87. The molecule has 2 rings (SSSR count). The molecule has 0 aliphatic heterocycles. The zero-order valence-electron chi connectivity index (χ0n) is 23.4. The molecule has 226 valence electrons. The summed E-state index contributed by atoms with van der Waals surface area (Å²) in [4.78, 5) is 35.5. The number of aromatic nitrogens is 2. The van der Waals surface area contributed by atoms with Gasteiger partial charge in [-0.05, 0) is 30.5 Å². The number of aromatic hydroxyl groups is 1. The highest BCUT2D eigenvalue weighted by atomic mass is 35.5. The number of carbonyl (C=O) groups is 2. The molecule has 1 aromatic carbocycles. The lowest BCUT2D eigenvalue weighted by atomic mass is 10.1. The fourth-order valence-corrected chi connectivity index (χ4v) is 4.28. The van der Waals surface area contributed by atoms with E-state index in [1.54, 1.807) is 6.07 Å². The number of nitrogen functional groups attached to an aromatic ring is 2. The van der Waals surface area contributed by atoms with E-state index in [0.29, 0.717) is 18.4 Å². The molecule has 0 aliphatic rings. The molecule has 1 heterocycles. The van der Waals surface area contributed by atoms with E-state index in [4.69, 9.17) is 28.8 Å². The van der Waals surface area contributed by atoms with Crippen LogP contribution in [0.25, 0.3) is 0 Å². The van der Waals surface area contributed by atoms with Crippen molar-refractivity contribution in [3.05, 3.63) is 34.6 Å². The van der Waals surface area contributed by atoms with Crippen LogP contribution >= 0.6 is 11.6 Å². The van der Waals surface area contributed by atoms with Crippen LogP contribution in [0, 0.1) is 0 Å². The van der Waals surface area contributed by atoms with Crippen LogP contribution in [0.4, 0.5) is 17.3 Å². The summed E-state index contributed by atoms with van der Waals surface area (Å²) in [5.74, 6) is -1.37. The Labute approximate surface area is 245 Å². The minimum atomic E-state index is -0.980. The second-order valence-corrected chi connectivity index (χ2v) is 10.1. The molecule has 1 aromatic heterocycles. The molecule has 0 aliphatic carbocycles. The summed E-state index contributed by atoms with van der Waals surface area (Å²) in [5, 5.41) is 28.4. The van der Waals surface area contributed by atoms with E-state index >= 15 is 0 Å². The number of hydrogen-bond donors (Lipinski definition) is 8. The topological polar surface area (TPSA) is 227 Å². The number of carbonyl (C=O) groups excluding carboxylic acids is 2. The summed E-state index contributed by atoms with van der Waals surface area (Å²) in [7, 11) is 0. The zero-order valence-corrected chi connectivity index (χ0v) is 24.2. The van der Waals surface area contributed by atoms with Gasteiger partial charge in [-0.2, -0.15) is 0 Å². The molecule has 0 saturated heterocycles. The molecule has 0 unspecified atom stereocenters. The summed E-state index contributed by atoms with van der Waals surface area (Å²) in [6, 6.07) is 4.41. The number of phenols is 1. The zero-order chi connectivity index (χ0) is 30.2. The molecule has 13 nitrogen and oxygen atoms in total. The number of nitrogens with zero attached hydrogens (tertiary/aromatic N) is 3. The lowest BCUT2D eigenvalue weighted by Crippen LogP contribution is -2.41. The molecule has 14 heteroatoms. The third-order valence-corrected chi connectivity index (χ3v) is 6.68. The van der Waals surface area contributed by atoms with Gasteiger partial charge in [-0.25, -0.2) is 15.0 Å². The summed E-state index contributed by atoms with van der Waals surface area (Å²) in [6.45, 7) is 2.29. The van der Waals surface area contributed by atoms with E-state index < -0.39 is 18.2 Å². The first-order valence-corrected chi connectivity index (χ1v) is 14.2. The molecule has 0 spiro atoms. The van der Waals surface area contributed by atoms with Crippen molar-refractivity contribution in [2.24, 2.45) is 10.7 Å². The number of aliphatic imine (C=N–C) groups is 1. The van der Waals surface area contributed by atoms with Crippen molar-refractivity contribution in [1.29, 1.82) is 0 Å². The molecule has 2 aromatic rings. The van der Waals surface area contributed by atoms with Crippen molar-refractivity contribution in [1.82, 2.24) is 20.6 Å². The van der Waals surface area contributed by atoms with Crippen molar-refractivity contribution in [2.45, 2.75) is 83.4 Å². The molecule has 2 atom stereocenters. The molecule has 0 bridgehead atoms. The maximum atomic E-state index is 12.6. The van der Waals surface area contributed by atoms with Crippen molar-refractivity contribution in [3.8, 4) is 5.75 Å². The van der Waals surface area contributed by atoms with Gasteiger partial charge in [-0.1, -0.05) is 76.0 Å². The maximum absolute atomic E-state index is 12.6. The first-order chi connectivity index (χ1) is 19.7. The Morgan fingerprint density at radius 2 is 1.73 bits per heavy atom. The monoisotopic (exact) mass is 591 g/mol. The lowest BCUT2D eigenvalue weighted by molar-refractivity contribution is -0.105. The number of unbranched alkanes of at least 4 members (excludes halogenated alkanes) is 8. The molecular formula is C27H42ClN9O4. The number of rotatable bonds is 18. The summed E-state index contributed by atoms with van der Waals surface area (Å²) in [6.07, 6.45) is 9.92. The number of benzene rings is 1. The van der Waals surface area contributed by atoms with Crippen LogP contribution in [-0.2, 0) is 4.79 Å². The highest BCUT2D eigenvalue weighted by molar-refractivity contribution is 6.31. The molecule has 2 amide bonds. The van der Waals surface area contributed by atoms with Crippen molar-refractivity contribution in [3.63, 3.8) is 0 Å². The normalized spacial score (nSPS) is 13.0. The first kappa shape index (κ1) is 33.5. The van der Waals surface area contributed by atoms with Crippen molar-refractivity contribution >= 4 is 47.2 Å². The molecule has 41 heavy (non-hydrogen) atoms. The van der Waals surface area contributed by atoms with E-state index in [1.165, 1.54) is 50.7 Å². The molecule has 11 N–H and O–H groups in total. The highest BCUT2D eigenvalue weighted by Crippen LogP contribution is 2.26. The van der Waals surface area contributed by atoms with Crippen LogP contribution in [0.3, 0.4) is 0 Å². The predicted octanol–water partition coefficient (Wildman–Crippen LogP) is 3.18. The fourth-order valence-electron chi connectivity index (χ4n) is 4.15. The minimum Gasteiger partial charge on any atom is -0.506 e. The van der Waals surface area contributed by atoms with E-state index in [0.717, 1.165) is 19.3 Å². The van der Waals surface area contributed by atoms with Gasteiger partial charge < -0.3 is 32.7 Å². The fraction of sp³-hybridized carbons (Fsp3) is 0.519. The largest absolute Gasteiger partial charge is 0.506 e. The van der Waals surface area contributed by atoms with Gasteiger partial charge in [0.05, 0.1) is 11.8 Å². The van der Waals surface area contributed by atoms with E-state index in [2.05, 4.69) is 37.8 Å².